The van der Waals surface area contributed by atoms with Crippen LogP contribution in [0, 0.1) is 12.7 Å². The third-order valence-corrected chi connectivity index (χ3v) is 5.19. The normalized spacial score (nSPS) is 20.6. The Labute approximate surface area is 111 Å². The van der Waals surface area contributed by atoms with Gasteiger partial charge in [0.25, 0.3) is 0 Å². The van der Waals surface area contributed by atoms with E-state index in [-0.39, 0.29) is 11.4 Å². The van der Waals surface area contributed by atoms with E-state index in [1.807, 2.05) is 0 Å². The number of nitrogens with two attached hydrogens (primary N) is 1. The maximum atomic E-state index is 13.5. The van der Waals surface area contributed by atoms with E-state index in [4.69, 9.17) is 5.73 Å². The molecule has 0 aromatic heterocycles. The summed E-state index contributed by atoms with van der Waals surface area (Å²) in [6, 6.07) is 2.87. The van der Waals surface area contributed by atoms with Gasteiger partial charge in [0.2, 0.25) is 15.9 Å². The number of amides is 1. The molecule has 2 N–H and O–H groups in total. The molecule has 1 heterocycles. The van der Waals surface area contributed by atoms with Gasteiger partial charge in [0.15, 0.2) is 0 Å². The third kappa shape index (κ3) is 2.48. The van der Waals surface area contributed by atoms with E-state index in [9.17, 15) is 17.6 Å². The fourth-order valence-corrected chi connectivity index (χ4v) is 3.86. The number of rotatable bonds is 3. The Morgan fingerprint density at radius 2 is 2.16 bits per heavy atom. The van der Waals surface area contributed by atoms with Crippen molar-refractivity contribution in [2.45, 2.75) is 30.7 Å². The summed E-state index contributed by atoms with van der Waals surface area (Å²) >= 11 is 0. The number of aryl methyl sites for hydroxylation is 1. The summed E-state index contributed by atoms with van der Waals surface area (Å²) in [4.78, 5) is 11.1. The molecule has 0 radical (unpaired) electrons. The van der Waals surface area contributed by atoms with E-state index < -0.39 is 27.8 Å². The van der Waals surface area contributed by atoms with Gasteiger partial charge in [-0.15, -0.1) is 0 Å². The van der Waals surface area contributed by atoms with Crippen LogP contribution in [-0.2, 0) is 14.8 Å². The van der Waals surface area contributed by atoms with Crippen LogP contribution in [-0.4, -0.2) is 31.2 Å². The molecule has 19 heavy (non-hydrogen) atoms. The second-order valence-corrected chi connectivity index (χ2v) is 6.48. The molecule has 0 aliphatic carbocycles. The molecule has 1 fully saturated rings. The topological polar surface area (TPSA) is 80.5 Å². The van der Waals surface area contributed by atoms with Crippen molar-refractivity contribution in [3.05, 3.63) is 29.6 Å². The number of carbonyl (C=O) groups is 1. The molecule has 0 saturated carbocycles. The fraction of sp³-hybridized carbons (Fsp3) is 0.417. The van der Waals surface area contributed by atoms with Crippen molar-refractivity contribution in [3.8, 4) is 0 Å². The van der Waals surface area contributed by atoms with Gasteiger partial charge in [-0.1, -0.05) is 6.07 Å². The molecule has 1 unspecified atom stereocenters. The highest BCUT2D eigenvalue weighted by Gasteiger charge is 2.38. The van der Waals surface area contributed by atoms with Gasteiger partial charge in [-0.2, -0.15) is 4.31 Å². The van der Waals surface area contributed by atoms with Crippen molar-refractivity contribution in [1.82, 2.24) is 4.31 Å². The van der Waals surface area contributed by atoms with Gasteiger partial charge in [0.1, 0.15) is 11.9 Å². The first kappa shape index (κ1) is 14.0. The first-order valence-electron chi connectivity index (χ1n) is 5.91. The van der Waals surface area contributed by atoms with Crippen LogP contribution in [0.25, 0.3) is 0 Å². The predicted molar refractivity (Wildman–Crippen MR) is 67.2 cm³/mol. The van der Waals surface area contributed by atoms with Crippen molar-refractivity contribution in [1.29, 1.82) is 0 Å². The van der Waals surface area contributed by atoms with Gasteiger partial charge >= 0.3 is 0 Å². The third-order valence-electron chi connectivity index (χ3n) is 3.28. The minimum Gasteiger partial charge on any atom is -0.368 e. The lowest BCUT2D eigenvalue weighted by Gasteiger charge is -2.21. The lowest BCUT2D eigenvalue weighted by molar-refractivity contribution is -0.121. The molecule has 1 aliphatic rings. The molecule has 7 heteroatoms. The van der Waals surface area contributed by atoms with E-state index >= 15 is 0 Å². The van der Waals surface area contributed by atoms with Gasteiger partial charge in [-0.25, -0.2) is 12.8 Å². The highest BCUT2D eigenvalue weighted by atomic mass is 32.2. The second-order valence-electron chi connectivity index (χ2n) is 4.59. The second kappa shape index (κ2) is 4.90. The van der Waals surface area contributed by atoms with Gasteiger partial charge in [0.05, 0.1) is 4.90 Å². The van der Waals surface area contributed by atoms with Crippen molar-refractivity contribution < 1.29 is 17.6 Å². The quantitative estimate of drug-likeness (QED) is 0.891. The average molecular weight is 286 g/mol. The monoisotopic (exact) mass is 286 g/mol. The Hall–Kier alpha value is -1.47. The van der Waals surface area contributed by atoms with Crippen LogP contribution < -0.4 is 5.73 Å². The zero-order chi connectivity index (χ0) is 14.2. The number of nitrogens with zero attached hydrogens (tertiary/aromatic N) is 1. The van der Waals surface area contributed by atoms with Crippen LogP contribution in [0.15, 0.2) is 23.1 Å². The molecule has 1 aromatic rings. The largest absolute Gasteiger partial charge is 0.368 e. The molecule has 1 saturated heterocycles. The molecule has 2 rings (SSSR count). The molecule has 1 atom stereocenters. The van der Waals surface area contributed by atoms with Crippen LogP contribution in [0.5, 0.6) is 0 Å². The van der Waals surface area contributed by atoms with Gasteiger partial charge in [-0.05, 0) is 37.5 Å². The zero-order valence-electron chi connectivity index (χ0n) is 10.5. The lowest BCUT2D eigenvalue weighted by Crippen LogP contribution is -2.43. The number of primary amides is 1. The maximum absolute atomic E-state index is 13.5. The summed E-state index contributed by atoms with van der Waals surface area (Å²) in [5.74, 6) is -1.26. The molecule has 0 spiro atoms. The number of hydrogen-bond donors (Lipinski definition) is 1. The first-order chi connectivity index (χ1) is 8.84. The average Bonchev–Trinajstić information content (AvgIpc) is 2.82. The molecule has 1 aromatic carbocycles. The van der Waals surface area contributed by atoms with Crippen LogP contribution in [0.3, 0.4) is 0 Å². The molecule has 1 aliphatic heterocycles. The van der Waals surface area contributed by atoms with Gasteiger partial charge in [-0.3, -0.25) is 4.79 Å². The van der Waals surface area contributed by atoms with Crippen LogP contribution >= 0.6 is 0 Å². The summed E-state index contributed by atoms with van der Waals surface area (Å²) in [5.41, 5.74) is 5.57. The summed E-state index contributed by atoms with van der Waals surface area (Å²) in [5, 5.41) is 0. The molecule has 0 bridgehead atoms. The lowest BCUT2D eigenvalue weighted by atomic mass is 10.2. The summed E-state index contributed by atoms with van der Waals surface area (Å²) < 4.78 is 39.3. The SMILES string of the molecule is Cc1ccc(S(=O)(=O)N2CCCC2C(N)=O)cc1F. The number of benzene rings is 1. The Kier molecular flexibility index (Phi) is 3.60. The molecular weight excluding hydrogens is 271 g/mol. The maximum Gasteiger partial charge on any atom is 0.243 e. The molecule has 5 nitrogen and oxygen atoms in total. The van der Waals surface area contributed by atoms with E-state index in [0.717, 1.165) is 10.4 Å². The summed E-state index contributed by atoms with van der Waals surface area (Å²) in [6.45, 7) is 1.78. The fourth-order valence-electron chi connectivity index (χ4n) is 2.18. The minimum absolute atomic E-state index is 0.149. The highest BCUT2D eigenvalue weighted by molar-refractivity contribution is 7.89. The van der Waals surface area contributed by atoms with E-state index in [2.05, 4.69) is 0 Å². The molecule has 104 valence electrons. The number of halogens is 1. The van der Waals surface area contributed by atoms with Crippen LogP contribution in [0.1, 0.15) is 18.4 Å². The van der Waals surface area contributed by atoms with Crippen molar-refractivity contribution in [3.63, 3.8) is 0 Å². The Morgan fingerprint density at radius 3 is 2.74 bits per heavy atom. The number of hydrogen-bond acceptors (Lipinski definition) is 3. The predicted octanol–water partition coefficient (Wildman–Crippen LogP) is 0.773. The highest BCUT2D eigenvalue weighted by Crippen LogP contribution is 2.26. The van der Waals surface area contributed by atoms with E-state index in [1.54, 1.807) is 6.92 Å². The molecular formula is C12H15FN2O3S. The Morgan fingerprint density at radius 1 is 1.47 bits per heavy atom. The van der Waals surface area contributed by atoms with Crippen molar-refractivity contribution in [2.24, 2.45) is 5.73 Å². The van der Waals surface area contributed by atoms with Crippen molar-refractivity contribution >= 4 is 15.9 Å². The van der Waals surface area contributed by atoms with Crippen LogP contribution in [0.2, 0.25) is 0 Å². The standard InChI is InChI=1S/C12H15FN2O3S/c1-8-4-5-9(7-10(8)13)19(17,18)15-6-2-3-11(15)12(14)16/h4-5,7,11H,2-3,6H2,1H3,(H2,14,16). The van der Waals surface area contributed by atoms with E-state index in [1.165, 1.54) is 12.1 Å². The summed E-state index contributed by atoms with van der Waals surface area (Å²) in [6.07, 6.45) is 0.976. The van der Waals surface area contributed by atoms with Crippen molar-refractivity contribution in [2.75, 3.05) is 6.54 Å². The summed E-state index contributed by atoms with van der Waals surface area (Å²) in [7, 11) is -3.88. The van der Waals surface area contributed by atoms with E-state index in [0.29, 0.717) is 18.4 Å². The Balaban J connectivity index is 2.42. The molecule has 1 amide bonds. The first-order valence-corrected chi connectivity index (χ1v) is 7.35. The van der Waals surface area contributed by atoms with Gasteiger partial charge < -0.3 is 5.73 Å². The van der Waals surface area contributed by atoms with Gasteiger partial charge in [0, 0.05) is 6.54 Å². The number of sulfonamides is 1. The smallest absolute Gasteiger partial charge is 0.243 e. The Bertz CT molecular complexity index is 615. The zero-order valence-corrected chi connectivity index (χ0v) is 11.3. The van der Waals surface area contributed by atoms with Crippen LogP contribution in [0.4, 0.5) is 4.39 Å². The number of carbonyl (C=O) groups excluding carboxylic acids is 1. The minimum atomic E-state index is -3.88.